The summed E-state index contributed by atoms with van der Waals surface area (Å²) in [5.74, 6) is -1.55. The SMILES string of the molecule is CCCCCCCCCCCCCCCCCCCCCCCC[C@@H](O)C(=O)N[C@@H](CO[C@H]1O[C@H](CO)[C@H](O)[C@H](O[C@H]2O[C@H](CO)[C@H](O)[C@H](O)[C@H]2NC(C)=O)[C@H]1O[C@H]1O[C@H](CO)[C@H](O)[C@H](O)[C@H]1O)[C@H](O)[C@H](O)CCCCCCCCCCCCCC. The second kappa shape index (κ2) is 47.2. The normalized spacial score (nSPS) is 29.4. The lowest BCUT2D eigenvalue weighted by Gasteiger charge is -2.49. The zero-order valence-electron chi connectivity index (χ0n) is 52.9. The number of amides is 2. The van der Waals surface area contributed by atoms with Crippen LogP contribution in [-0.4, -0.2) is 216 Å². The molecular weight excluding hydrogens is 1120 g/mol. The number of nitrogens with one attached hydrogen (secondary N) is 2. The van der Waals surface area contributed by atoms with Crippen LogP contribution < -0.4 is 10.6 Å². The van der Waals surface area contributed by atoms with Crippen LogP contribution in [0.1, 0.15) is 252 Å². The second-order valence-electron chi connectivity index (χ2n) is 25.0. The summed E-state index contributed by atoms with van der Waals surface area (Å²) in [5, 5.41) is 136. The molecule has 0 aromatic rings. The van der Waals surface area contributed by atoms with Gasteiger partial charge in [-0.15, -0.1) is 0 Å². The van der Waals surface area contributed by atoms with Gasteiger partial charge in [-0.3, -0.25) is 9.59 Å². The lowest BCUT2D eigenvalue weighted by Crippen LogP contribution is -2.69. The molecule has 3 fully saturated rings. The number of aliphatic hydroxyl groups excluding tert-OH is 12. The Morgan fingerprint density at radius 1 is 0.430 bits per heavy atom. The summed E-state index contributed by atoms with van der Waals surface area (Å²) in [7, 11) is 0. The monoisotopic (exact) mass is 1240 g/mol. The number of carbonyl (C=O) groups excluding carboxylic acids is 2. The van der Waals surface area contributed by atoms with Crippen molar-refractivity contribution in [3.63, 3.8) is 0 Å². The van der Waals surface area contributed by atoms with Gasteiger partial charge in [-0.05, 0) is 12.8 Å². The highest BCUT2D eigenvalue weighted by molar-refractivity contribution is 5.80. The third kappa shape index (κ3) is 29.7. The third-order valence-corrected chi connectivity index (χ3v) is 17.5. The van der Waals surface area contributed by atoms with Gasteiger partial charge in [0.1, 0.15) is 85.4 Å². The van der Waals surface area contributed by atoms with Gasteiger partial charge >= 0.3 is 0 Å². The van der Waals surface area contributed by atoms with E-state index in [1.165, 1.54) is 148 Å². The Balaban J connectivity index is 1.68. The minimum Gasteiger partial charge on any atom is -0.394 e. The standard InChI is InChI=1S/C64H122N2O20/c1-4-6-8-10-12-14-16-18-19-20-21-22-23-24-25-26-27-29-31-33-35-37-39-47(72)61(80)66-45(52(73)46(71)38-36-34-32-30-28-17-15-13-11-9-7-5-2)43-81-64-60(86-63-58(79)57(78)54(75)49(41-68)83-63)59(55(76)50(42-69)84-64)85-62-51(65-44(3)70)56(77)53(74)48(40-67)82-62/h45-60,62-64,67-69,71-79H,4-43H2,1-3H3,(H,65,70)(H,66,80)/t45-,46+,47+,48+,49+,50+,51+,52-,53-,54-,55-,56+,57-,58+,59-,60+,62+,63+,64-/m0/s1. The van der Waals surface area contributed by atoms with Crippen LogP contribution in [-0.2, 0) is 38.0 Å². The van der Waals surface area contributed by atoms with Crippen LogP contribution >= 0.6 is 0 Å². The number of unbranched alkanes of at least 4 members (excludes halogenated alkanes) is 32. The first-order chi connectivity index (χ1) is 41.5. The van der Waals surface area contributed by atoms with Crippen LogP contribution in [0.3, 0.4) is 0 Å². The molecule has 22 nitrogen and oxygen atoms in total. The molecule has 0 aromatic carbocycles. The van der Waals surface area contributed by atoms with E-state index >= 15 is 0 Å². The molecule has 19 atom stereocenters. The molecule has 3 aliphatic heterocycles. The number of carbonyl (C=O) groups is 2. The molecule has 3 rings (SSSR count). The van der Waals surface area contributed by atoms with Crippen molar-refractivity contribution in [2.75, 3.05) is 26.4 Å². The maximum absolute atomic E-state index is 13.8. The zero-order chi connectivity index (χ0) is 63.1. The number of ether oxygens (including phenoxy) is 6. The Hall–Kier alpha value is -1.78. The van der Waals surface area contributed by atoms with Gasteiger partial charge in [0.25, 0.3) is 0 Å². The molecule has 0 saturated carbocycles. The van der Waals surface area contributed by atoms with Crippen molar-refractivity contribution < 1.29 is 99.3 Å². The molecule has 0 aromatic heterocycles. The molecule has 3 aliphatic rings. The van der Waals surface area contributed by atoms with E-state index in [-0.39, 0.29) is 12.8 Å². The number of aliphatic hydroxyl groups is 12. The van der Waals surface area contributed by atoms with E-state index in [4.69, 9.17) is 28.4 Å². The van der Waals surface area contributed by atoms with E-state index in [9.17, 15) is 70.9 Å². The summed E-state index contributed by atoms with van der Waals surface area (Å²) in [6.07, 6.45) is 10.6. The average Bonchev–Trinajstić information content (AvgIpc) is 3.20. The molecule has 508 valence electrons. The lowest BCUT2D eigenvalue weighted by atomic mass is 9.95. The van der Waals surface area contributed by atoms with E-state index in [0.29, 0.717) is 12.8 Å². The van der Waals surface area contributed by atoms with E-state index in [0.717, 1.165) is 64.7 Å². The summed E-state index contributed by atoms with van der Waals surface area (Å²) in [4.78, 5) is 26.2. The van der Waals surface area contributed by atoms with Gasteiger partial charge in [0.05, 0.1) is 38.6 Å². The Bertz CT molecular complexity index is 1680. The Kier molecular flexibility index (Phi) is 43.0. The Morgan fingerprint density at radius 3 is 1.21 bits per heavy atom. The van der Waals surface area contributed by atoms with Crippen molar-refractivity contribution in [2.24, 2.45) is 0 Å². The first kappa shape index (κ1) is 78.5. The molecular formula is C64H122N2O20. The molecule has 2 amide bonds. The largest absolute Gasteiger partial charge is 0.394 e. The molecule has 0 unspecified atom stereocenters. The van der Waals surface area contributed by atoms with Gasteiger partial charge in [0, 0.05) is 6.92 Å². The van der Waals surface area contributed by atoms with Gasteiger partial charge in [0.15, 0.2) is 18.9 Å². The fraction of sp³-hybridized carbons (Fsp3) is 0.969. The minimum absolute atomic E-state index is 0.122. The Labute approximate surface area is 514 Å². The highest BCUT2D eigenvalue weighted by atomic mass is 16.8. The maximum atomic E-state index is 13.8. The molecule has 0 aliphatic carbocycles. The predicted octanol–water partition coefficient (Wildman–Crippen LogP) is 5.25. The fourth-order valence-electron chi connectivity index (χ4n) is 12.0. The van der Waals surface area contributed by atoms with E-state index in [1.54, 1.807) is 0 Å². The summed E-state index contributed by atoms with van der Waals surface area (Å²) in [5.41, 5.74) is 0. The van der Waals surface area contributed by atoms with Crippen molar-refractivity contribution in [3.05, 3.63) is 0 Å². The van der Waals surface area contributed by atoms with Gasteiger partial charge in [-0.2, -0.15) is 0 Å². The highest BCUT2D eigenvalue weighted by Gasteiger charge is 2.55. The van der Waals surface area contributed by atoms with Crippen LogP contribution in [0, 0.1) is 0 Å². The van der Waals surface area contributed by atoms with Gasteiger partial charge < -0.3 is 100 Å². The number of hydrogen-bond acceptors (Lipinski definition) is 20. The first-order valence-corrected chi connectivity index (χ1v) is 34.0. The quantitative estimate of drug-likeness (QED) is 0.0346. The molecule has 22 heteroatoms. The van der Waals surface area contributed by atoms with Crippen LogP contribution in [0.2, 0.25) is 0 Å². The van der Waals surface area contributed by atoms with Crippen LogP contribution in [0.25, 0.3) is 0 Å². The topological polar surface area (TPSA) is 356 Å². The predicted molar refractivity (Wildman–Crippen MR) is 324 cm³/mol. The summed E-state index contributed by atoms with van der Waals surface area (Å²) >= 11 is 0. The summed E-state index contributed by atoms with van der Waals surface area (Å²) < 4.78 is 36.0. The van der Waals surface area contributed by atoms with Crippen LogP contribution in [0.5, 0.6) is 0 Å². The van der Waals surface area contributed by atoms with Crippen molar-refractivity contribution in [1.29, 1.82) is 0 Å². The lowest BCUT2D eigenvalue weighted by molar-refractivity contribution is -0.387. The third-order valence-electron chi connectivity index (χ3n) is 17.5. The molecule has 86 heavy (non-hydrogen) atoms. The zero-order valence-corrected chi connectivity index (χ0v) is 52.9. The average molecular weight is 1240 g/mol. The van der Waals surface area contributed by atoms with Crippen molar-refractivity contribution in [1.82, 2.24) is 10.6 Å². The van der Waals surface area contributed by atoms with Crippen molar-refractivity contribution >= 4 is 11.8 Å². The number of hydrogen-bond donors (Lipinski definition) is 14. The summed E-state index contributed by atoms with van der Waals surface area (Å²) in [6, 6.07) is -3.01. The van der Waals surface area contributed by atoms with E-state index < -0.39 is 155 Å². The van der Waals surface area contributed by atoms with Gasteiger partial charge in [-0.1, -0.05) is 232 Å². The Morgan fingerprint density at radius 2 is 0.791 bits per heavy atom. The van der Waals surface area contributed by atoms with E-state index in [2.05, 4.69) is 24.5 Å². The molecule has 3 saturated heterocycles. The fourth-order valence-corrected chi connectivity index (χ4v) is 12.0. The highest BCUT2D eigenvalue weighted by Crippen LogP contribution is 2.34. The molecule has 0 radical (unpaired) electrons. The number of rotatable bonds is 51. The maximum Gasteiger partial charge on any atom is 0.249 e. The molecule has 0 bridgehead atoms. The van der Waals surface area contributed by atoms with Crippen LogP contribution in [0.15, 0.2) is 0 Å². The smallest absolute Gasteiger partial charge is 0.249 e. The first-order valence-electron chi connectivity index (χ1n) is 34.0. The molecule has 14 N–H and O–H groups in total. The van der Waals surface area contributed by atoms with Gasteiger partial charge in [0.2, 0.25) is 11.8 Å². The minimum atomic E-state index is -2.03. The van der Waals surface area contributed by atoms with Crippen LogP contribution in [0.4, 0.5) is 0 Å². The van der Waals surface area contributed by atoms with Crippen molar-refractivity contribution in [2.45, 2.75) is 368 Å². The molecule has 3 heterocycles. The van der Waals surface area contributed by atoms with E-state index in [1.807, 2.05) is 0 Å². The summed E-state index contributed by atoms with van der Waals surface area (Å²) in [6.45, 7) is 2.28. The molecule has 0 spiro atoms. The second-order valence-corrected chi connectivity index (χ2v) is 25.0. The van der Waals surface area contributed by atoms with Gasteiger partial charge in [-0.25, -0.2) is 0 Å². The van der Waals surface area contributed by atoms with Crippen molar-refractivity contribution in [3.8, 4) is 0 Å².